The summed E-state index contributed by atoms with van der Waals surface area (Å²) in [7, 11) is 0. The summed E-state index contributed by atoms with van der Waals surface area (Å²) in [6, 6.07) is 10.7. The smallest absolute Gasteiger partial charge is 0.318 e. The van der Waals surface area contributed by atoms with Gasteiger partial charge in [0.2, 0.25) is 11.8 Å². The van der Waals surface area contributed by atoms with Crippen LogP contribution in [-0.4, -0.2) is 47.2 Å². The van der Waals surface area contributed by atoms with E-state index >= 15 is 0 Å². The van der Waals surface area contributed by atoms with Gasteiger partial charge in [0.25, 0.3) is 0 Å². The first-order valence-corrected chi connectivity index (χ1v) is 7.59. The molecular weight excluding hydrogens is 280 g/mol. The average Bonchev–Trinajstić information content (AvgIpc) is 3.00. The molecule has 0 aliphatic carbocycles. The van der Waals surface area contributed by atoms with E-state index in [-0.39, 0.29) is 5.91 Å². The molecule has 1 aliphatic heterocycles. The van der Waals surface area contributed by atoms with E-state index in [0.29, 0.717) is 31.4 Å². The number of carbonyl (C=O) groups excluding carboxylic acids is 1. The number of aromatic nitrogens is 2. The molecule has 0 bridgehead atoms. The Morgan fingerprint density at radius 1 is 1.14 bits per heavy atom. The molecule has 1 fully saturated rings. The molecule has 0 N–H and O–H groups in total. The molecule has 0 radical (unpaired) electrons. The number of anilines is 1. The Morgan fingerprint density at radius 3 is 2.50 bits per heavy atom. The molecule has 0 atom stereocenters. The lowest BCUT2D eigenvalue weighted by atomic mass is 10.1. The Labute approximate surface area is 129 Å². The Balaban J connectivity index is 1.47. The third-order valence-electron chi connectivity index (χ3n) is 3.89. The van der Waals surface area contributed by atoms with Gasteiger partial charge in [0.15, 0.2) is 0 Å². The monoisotopic (exact) mass is 300 g/mol. The van der Waals surface area contributed by atoms with Crippen LogP contribution in [0.4, 0.5) is 6.01 Å². The van der Waals surface area contributed by atoms with Crippen molar-refractivity contribution in [1.82, 2.24) is 15.1 Å². The first-order valence-electron chi connectivity index (χ1n) is 7.59. The van der Waals surface area contributed by atoms with E-state index in [2.05, 4.69) is 22.3 Å². The molecule has 1 aliphatic rings. The van der Waals surface area contributed by atoms with E-state index in [9.17, 15) is 4.79 Å². The van der Waals surface area contributed by atoms with Gasteiger partial charge in [-0.05, 0) is 12.0 Å². The van der Waals surface area contributed by atoms with Crippen LogP contribution in [0, 0.1) is 6.92 Å². The van der Waals surface area contributed by atoms with Gasteiger partial charge >= 0.3 is 6.01 Å². The van der Waals surface area contributed by atoms with Gasteiger partial charge in [-0.25, -0.2) is 0 Å². The van der Waals surface area contributed by atoms with E-state index in [1.165, 1.54) is 5.56 Å². The molecule has 1 aromatic carbocycles. The summed E-state index contributed by atoms with van der Waals surface area (Å²) in [5.74, 6) is 0.779. The molecule has 1 saturated heterocycles. The van der Waals surface area contributed by atoms with Gasteiger partial charge in [-0.1, -0.05) is 35.4 Å². The van der Waals surface area contributed by atoms with Gasteiger partial charge in [0, 0.05) is 39.5 Å². The first kappa shape index (κ1) is 14.6. The molecule has 2 aromatic rings. The van der Waals surface area contributed by atoms with Crippen LogP contribution in [0.1, 0.15) is 17.9 Å². The summed E-state index contributed by atoms with van der Waals surface area (Å²) in [5, 5.41) is 7.86. The van der Waals surface area contributed by atoms with Crippen molar-refractivity contribution in [3.05, 3.63) is 41.8 Å². The molecule has 0 saturated carbocycles. The molecule has 0 unspecified atom stereocenters. The molecule has 2 heterocycles. The molecule has 116 valence electrons. The third-order valence-corrected chi connectivity index (χ3v) is 3.89. The second kappa shape index (κ2) is 6.60. The minimum Gasteiger partial charge on any atom is -0.408 e. The van der Waals surface area contributed by atoms with E-state index in [1.807, 2.05) is 28.0 Å². The number of rotatable bonds is 4. The highest BCUT2D eigenvalue weighted by molar-refractivity contribution is 5.76. The number of carbonyl (C=O) groups is 1. The van der Waals surface area contributed by atoms with Crippen molar-refractivity contribution < 1.29 is 9.21 Å². The standard InChI is InChI=1S/C16H20N4O2/c1-13-17-18-16(22-13)20-11-9-19(10-12-20)15(21)8-7-14-5-3-2-4-6-14/h2-6H,7-12H2,1H3. The summed E-state index contributed by atoms with van der Waals surface area (Å²) in [4.78, 5) is 16.2. The van der Waals surface area contributed by atoms with Gasteiger partial charge < -0.3 is 14.2 Å². The first-order chi connectivity index (χ1) is 10.7. The molecule has 1 amide bonds. The fourth-order valence-electron chi connectivity index (χ4n) is 2.62. The number of hydrogen-bond donors (Lipinski definition) is 0. The van der Waals surface area contributed by atoms with Gasteiger partial charge in [-0.2, -0.15) is 0 Å². The van der Waals surface area contributed by atoms with Crippen LogP contribution < -0.4 is 4.90 Å². The zero-order chi connectivity index (χ0) is 15.4. The lowest BCUT2D eigenvalue weighted by Crippen LogP contribution is -2.49. The highest BCUT2D eigenvalue weighted by Gasteiger charge is 2.23. The van der Waals surface area contributed by atoms with Crippen molar-refractivity contribution in [2.24, 2.45) is 0 Å². The SMILES string of the molecule is Cc1nnc(N2CCN(C(=O)CCc3ccccc3)CC2)o1. The van der Waals surface area contributed by atoms with Crippen LogP contribution in [0.2, 0.25) is 0 Å². The molecule has 1 aromatic heterocycles. The minimum atomic E-state index is 0.213. The van der Waals surface area contributed by atoms with Crippen LogP contribution in [-0.2, 0) is 11.2 Å². The molecule has 22 heavy (non-hydrogen) atoms. The van der Waals surface area contributed by atoms with Crippen LogP contribution in [0.3, 0.4) is 0 Å². The summed E-state index contributed by atoms with van der Waals surface area (Å²) < 4.78 is 5.42. The predicted molar refractivity (Wildman–Crippen MR) is 82.6 cm³/mol. The average molecular weight is 300 g/mol. The van der Waals surface area contributed by atoms with Gasteiger partial charge in [0.1, 0.15) is 0 Å². The maximum Gasteiger partial charge on any atom is 0.318 e. The van der Waals surface area contributed by atoms with Gasteiger partial charge in [-0.3, -0.25) is 4.79 Å². The highest BCUT2D eigenvalue weighted by Crippen LogP contribution is 2.15. The third kappa shape index (κ3) is 3.44. The molecule has 6 nitrogen and oxygen atoms in total. The molecule has 3 rings (SSSR count). The lowest BCUT2D eigenvalue weighted by molar-refractivity contribution is -0.131. The Morgan fingerprint density at radius 2 is 1.86 bits per heavy atom. The number of hydrogen-bond acceptors (Lipinski definition) is 5. The van der Waals surface area contributed by atoms with E-state index < -0.39 is 0 Å². The van der Waals surface area contributed by atoms with Crippen molar-refractivity contribution in [1.29, 1.82) is 0 Å². The molecular formula is C16H20N4O2. The normalized spacial score (nSPS) is 15.1. The van der Waals surface area contributed by atoms with Crippen LogP contribution in [0.25, 0.3) is 0 Å². The number of amides is 1. The van der Waals surface area contributed by atoms with E-state index in [1.54, 1.807) is 6.92 Å². The Hall–Kier alpha value is -2.37. The minimum absolute atomic E-state index is 0.213. The number of nitrogens with zero attached hydrogens (tertiary/aromatic N) is 4. The fraction of sp³-hybridized carbons (Fsp3) is 0.438. The summed E-state index contributed by atoms with van der Waals surface area (Å²) in [5.41, 5.74) is 1.20. The zero-order valence-corrected chi connectivity index (χ0v) is 12.7. The summed E-state index contributed by atoms with van der Waals surface area (Å²) >= 11 is 0. The summed E-state index contributed by atoms with van der Waals surface area (Å²) in [6.45, 7) is 4.65. The van der Waals surface area contributed by atoms with Crippen molar-refractivity contribution in [3.63, 3.8) is 0 Å². The van der Waals surface area contributed by atoms with Crippen LogP contribution >= 0.6 is 0 Å². The lowest BCUT2D eigenvalue weighted by Gasteiger charge is -2.33. The maximum absolute atomic E-state index is 12.3. The van der Waals surface area contributed by atoms with Crippen molar-refractivity contribution >= 4 is 11.9 Å². The molecule has 0 spiro atoms. The molecule has 6 heteroatoms. The van der Waals surface area contributed by atoms with Crippen molar-refractivity contribution in [2.45, 2.75) is 19.8 Å². The van der Waals surface area contributed by atoms with E-state index in [4.69, 9.17) is 4.42 Å². The number of benzene rings is 1. The predicted octanol–water partition coefficient (Wildman–Crippen LogP) is 1.66. The number of piperazine rings is 1. The van der Waals surface area contributed by atoms with Crippen molar-refractivity contribution in [3.8, 4) is 0 Å². The largest absolute Gasteiger partial charge is 0.408 e. The van der Waals surface area contributed by atoms with Gasteiger partial charge in [-0.15, -0.1) is 5.10 Å². The fourth-order valence-corrected chi connectivity index (χ4v) is 2.62. The van der Waals surface area contributed by atoms with Gasteiger partial charge in [0.05, 0.1) is 0 Å². The van der Waals surface area contributed by atoms with Crippen molar-refractivity contribution in [2.75, 3.05) is 31.1 Å². The van der Waals surface area contributed by atoms with E-state index in [0.717, 1.165) is 19.5 Å². The Kier molecular flexibility index (Phi) is 4.37. The van der Waals surface area contributed by atoms with Crippen LogP contribution in [0.15, 0.2) is 34.7 Å². The highest BCUT2D eigenvalue weighted by atomic mass is 16.4. The second-order valence-electron chi connectivity index (χ2n) is 5.46. The Bertz CT molecular complexity index is 618. The summed E-state index contributed by atoms with van der Waals surface area (Å²) in [6.07, 6.45) is 1.35. The zero-order valence-electron chi connectivity index (χ0n) is 12.7. The maximum atomic E-state index is 12.3. The topological polar surface area (TPSA) is 62.5 Å². The van der Waals surface area contributed by atoms with Crippen LogP contribution in [0.5, 0.6) is 0 Å². The quantitative estimate of drug-likeness (QED) is 0.859. The number of aryl methyl sites for hydroxylation is 2. The second-order valence-corrected chi connectivity index (χ2v) is 5.46.